The molecule has 0 radical (unpaired) electrons. The van der Waals surface area contributed by atoms with Crippen molar-refractivity contribution in [3.63, 3.8) is 0 Å². The van der Waals surface area contributed by atoms with Crippen LogP contribution < -0.4 is 10.6 Å². The maximum Gasteiger partial charge on any atom is 0.246 e. The van der Waals surface area contributed by atoms with Gasteiger partial charge in [0.25, 0.3) is 0 Å². The summed E-state index contributed by atoms with van der Waals surface area (Å²) in [5.74, 6) is -1.94. The summed E-state index contributed by atoms with van der Waals surface area (Å²) in [6.07, 6.45) is 2.98. The van der Waals surface area contributed by atoms with E-state index in [0.29, 0.717) is 38.8 Å². The molecule has 3 saturated heterocycles. The van der Waals surface area contributed by atoms with Gasteiger partial charge in [0, 0.05) is 26.2 Å². The summed E-state index contributed by atoms with van der Waals surface area (Å²) in [5, 5.41) is 15.4. The summed E-state index contributed by atoms with van der Waals surface area (Å²) >= 11 is 0. The van der Waals surface area contributed by atoms with Gasteiger partial charge >= 0.3 is 0 Å². The van der Waals surface area contributed by atoms with E-state index < -0.39 is 29.1 Å². The molecule has 1 spiro atoms. The second kappa shape index (κ2) is 9.43. The molecule has 3 aliphatic heterocycles. The van der Waals surface area contributed by atoms with Crippen LogP contribution >= 0.6 is 0 Å². The Labute approximate surface area is 195 Å². The lowest BCUT2D eigenvalue weighted by molar-refractivity contribution is -0.147. The highest BCUT2D eigenvalue weighted by Crippen LogP contribution is 2.64. The number of hydrogen-bond donors (Lipinski definition) is 3. The number of likely N-dealkylation sites (tertiary alicyclic amines) is 1. The van der Waals surface area contributed by atoms with Gasteiger partial charge in [0.1, 0.15) is 11.6 Å². The van der Waals surface area contributed by atoms with Gasteiger partial charge in [-0.15, -0.1) is 0 Å². The Bertz CT molecular complexity index is 893. The van der Waals surface area contributed by atoms with E-state index in [-0.39, 0.29) is 30.9 Å². The van der Waals surface area contributed by atoms with Gasteiger partial charge in [0.2, 0.25) is 17.7 Å². The van der Waals surface area contributed by atoms with E-state index in [1.54, 1.807) is 4.90 Å². The minimum absolute atomic E-state index is 0.0834. The standard InChI is InChI=1S/C25H35N3O5/c1-3-13-26-21(30)18-19-23(32)28(14-8-15-29)20(25(19)12-11-24(18,4-2)33-25)22(31)27-16-17-9-6-5-7-10-17/h5-7,9-10,18-20,29H,3-4,8,11-16H2,1-2H3,(H,26,30)(H,27,31)/t18-,19+,20?,24+,25?/m1/s1. The van der Waals surface area contributed by atoms with E-state index >= 15 is 0 Å². The van der Waals surface area contributed by atoms with E-state index in [9.17, 15) is 19.5 Å². The van der Waals surface area contributed by atoms with E-state index in [1.165, 1.54) is 0 Å². The van der Waals surface area contributed by atoms with Crippen LogP contribution in [0.4, 0.5) is 0 Å². The summed E-state index contributed by atoms with van der Waals surface area (Å²) < 4.78 is 6.65. The average molecular weight is 458 g/mol. The smallest absolute Gasteiger partial charge is 0.246 e. The van der Waals surface area contributed by atoms with Crippen molar-refractivity contribution >= 4 is 17.7 Å². The molecule has 8 nitrogen and oxygen atoms in total. The largest absolute Gasteiger partial charge is 0.396 e. The number of amides is 3. The molecule has 3 N–H and O–H groups in total. The lowest BCUT2D eigenvalue weighted by Crippen LogP contribution is -2.55. The van der Waals surface area contributed by atoms with Crippen molar-refractivity contribution in [2.45, 2.75) is 69.7 Å². The number of hydrogen-bond acceptors (Lipinski definition) is 5. The summed E-state index contributed by atoms with van der Waals surface area (Å²) in [5.41, 5.74) is -0.777. The number of fused-ring (bicyclic) bond motifs is 1. The maximum absolute atomic E-state index is 13.7. The highest BCUT2D eigenvalue weighted by Gasteiger charge is 2.78. The molecule has 4 rings (SSSR count). The number of ether oxygens (including phenoxy) is 1. The highest BCUT2D eigenvalue weighted by atomic mass is 16.5. The molecular weight excluding hydrogens is 422 g/mol. The molecule has 0 aliphatic carbocycles. The minimum Gasteiger partial charge on any atom is -0.396 e. The molecule has 3 aliphatic rings. The molecule has 2 unspecified atom stereocenters. The Morgan fingerprint density at radius 3 is 2.58 bits per heavy atom. The number of carbonyl (C=O) groups excluding carboxylic acids is 3. The zero-order valence-corrected chi connectivity index (χ0v) is 19.5. The third-order valence-electron chi connectivity index (χ3n) is 7.63. The first-order chi connectivity index (χ1) is 15.9. The minimum atomic E-state index is -1.02. The van der Waals surface area contributed by atoms with Gasteiger partial charge in [-0.1, -0.05) is 44.2 Å². The Hall–Kier alpha value is -2.45. The van der Waals surface area contributed by atoms with E-state index in [4.69, 9.17) is 4.74 Å². The van der Waals surface area contributed by atoms with Crippen LogP contribution in [-0.4, -0.2) is 64.7 Å². The van der Waals surface area contributed by atoms with E-state index in [2.05, 4.69) is 10.6 Å². The van der Waals surface area contributed by atoms with Crippen molar-refractivity contribution in [1.82, 2.24) is 15.5 Å². The van der Waals surface area contributed by atoms with Crippen LogP contribution in [0.25, 0.3) is 0 Å². The maximum atomic E-state index is 13.7. The predicted octanol–water partition coefficient (Wildman–Crippen LogP) is 1.37. The number of aliphatic hydroxyl groups excluding tert-OH is 1. The third kappa shape index (κ3) is 3.83. The summed E-state index contributed by atoms with van der Waals surface area (Å²) in [4.78, 5) is 42.1. The first kappa shape index (κ1) is 23.7. The fourth-order valence-electron chi connectivity index (χ4n) is 6.14. The molecule has 3 amide bonds. The number of benzene rings is 1. The van der Waals surface area contributed by atoms with Gasteiger partial charge in [-0.3, -0.25) is 14.4 Å². The predicted molar refractivity (Wildman–Crippen MR) is 122 cm³/mol. The van der Waals surface area contributed by atoms with Crippen LogP contribution in [0.1, 0.15) is 51.5 Å². The van der Waals surface area contributed by atoms with E-state index in [0.717, 1.165) is 12.0 Å². The first-order valence-electron chi connectivity index (χ1n) is 12.1. The zero-order chi connectivity index (χ0) is 23.6. The summed E-state index contributed by atoms with van der Waals surface area (Å²) in [7, 11) is 0. The molecule has 1 aromatic rings. The van der Waals surface area contributed by atoms with Crippen molar-refractivity contribution in [1.29, 1.82) is 0 Å². The van der Waals surface area contributed by atoms with Gasteiger partial charge < -0.3 is 25.4 Å². The van der Waals surface area contributed by atoms with Crippen LogP contribution in [0.3, 0.4) is 0 Å². The molecule has 0 saturated carbocycles. The molecule has 0 aromatic heterocycles. The van der Waals surface area contributed by atoms with Gasteiger partial charge in [0.05, 0.1) is 17.4 Å². The molecule has 3 fully saturated rings. The molecule has 2 bridgehead atoms. The molecule has 180 valence electrons. The second-order valence-electron chi connectivity index (χ2n) is 9.44. The first-order valence-corrected chi connectivity index (χ1v) is 12.1. The number of aliphatic hydroxyl groups is 1. The fourth-order valence-corrected chi connectivity index (χ4v) is 6.14. The number of nitrogens with zero attached hydrogens (tertiary/aromatic N) is 1. The Balaban J connectivity index is 1.66. The van der Waals surface area contributed by atoms with Crippen LogP contribution in [0, 0.1) is 11.8 Å². The van der Waals surface area contributed by atoms with Crippen molar-refractivity contribution in [3.05, 3.63) is 35.9 Å². The van der Waals surface area contributed by atoms with Crippen LogP contribution in [-0.2, 0) is 25.7 Å². The Morgan fingerprint density at radius 2 is 1.91 bits per heavy atom. The van der Waals surface area contributed by atoms with Gasteiger partial charge in [-0.05, 0) is 37.7 Å². The van der Waals surface area contributed by atoms with Crippen LogP contribution in [0.5, 0.6) is 0 Å². The molecule has 8 heteroatoms. The van der Waals surface area contributed by atoms with Crippen molar-refractivity contribution in [3.8, 4) is 0 Å². The van der Waals surface area contributed by atoms with Gasteiger partial charge in [-0.25, -0.2) is 0 Å². The van der Waals surface area contributed by atoms with Gasteiger partial charge in [-0.2, -0.15) is 0 Å². The SMILES string of the molecule is CCCNC(=O)[C@H]1[C@H]2C(=O)N(CCCO)C(C(=O)NCc3ccccc3)C23CC[C@]1(CC)O3. The number of rotatable bonds is 10. The average Bonchev–Trinajstić information content (AvgIpc) is 3.44. The molecule has 1 aromatic carbocycles. The molecular formula is C25H35N3O5. The van der Waals surface area contributed by atoms with Gasteiger partial charge in [0.15, 0.2) is 0 Å². The second-order valence-corrected chi connectivity index (χ2v) is 9.44. The Kier molecular flexibility index (Phi) is 6.77. The van der Waals surface area contributed by atoms with E-state index in [1.807, 2.05) is 44.2 Å². The molecule has 5 atom stereocenters. The quantitative estimate of drug-likeness (QED) is 0.492. The normalized spacial score (nSPS) is 32.2. The zero-order valence-electron chi connectivity index (χ0n) is 19.5. The lowest BCUT2D eigenvalue weighted by atomic mass is 9.65. The molecule has 3 heterocycles. The monoisotopic (exact) mass is 457 g/mol. The van der Waals surface area contributed by atoms with Crippen molar-refractivity contribution < 1.29 is 24.2 Å². The molecule has 33 heavy (non-hydrogen) atoms. The van der Waals surface area contributed by atoms with Crippen molar-refractivity contribution in [2.75, 3.05) is 19.7 Å². The number of nitrogens with one attached hydrogen (secondary N) is 2. The summed E-state index contributed by atoms with van der Waals surface area (Å²) in [6, 6.07) is 8.79. The lowest BCUT2D eigenvalue weighted by Gasteiger charge is -2.34. The van der Waals surface area contributed by atoms with Crippen LogP contribution in [0.15, 0.2) is 30.3 Å². The summed E-state index contributed by atoms with van der Waals surface area (Å²) in [6.45, 7) is 5.02. The Morgan fingerprint density at radius 1 is 1.15 bits per heavy atom. The van der Waals surface area contributed by atoms with Crippen molar-refractivity contribution in [2.24, 2.45) is 11.8 Å². The highest BCUT2D eigenvalue weighted by molar-refractivity contribution is 5.99. The fraction of sp³-hybridized carbons (Fsp3) is 0.640. The topological polar surface area (TPSA) is 108 Å². The number of carbonyl (C=O) groups is 3. The third-order valence-corrected chi connectivity index (χ3v) is 7.63. The van der Waals surface area contributed by atoms with Crippen LogP contribution in [0.2, 0.25) is 0 Å².